The van der Waals surface area contributed by atoms with Gasteiger partial charge in [-0.2, -0.15) is 0 Å². The number of ether oxygens (including phenoxy) is 1. The van der Waals surface area contributed by atoms with Gasteiger partial charge >= 0.3 is 6.09 Å². The standard InChI is InChI=1S/C22H25N3O4S2/c1-22(2,3)29-21(26)24-18(13-15-9-11-17(12-10-15)25-31(27)28)20-23-19(14-30-20)16-7-5-4-6-8-16/h4-12,14,18,31H,13H2,1-3H3,(H,24,26)(H,25,27,28)/t18-/m0/s1. The Morgan fingerprint density at radius 2 is 1.77 bits per heavy atom. The van der Waals surface area contributed by atoms with Crippen LogP contribution in [0.5, 0.6) is 0 Å². The number of alkyl carbamates (subject to hydrolysis) is 1. The second-order valence-corrected chi connectivity index (χ2v) is 9.53. The molecule has 0 fully saturated rings. The van der Waals surface area contributed by atoms with Gasteiger partial charge in [0.1, 0.15) is 10.6 Å². The van der Waals surface area contributed by atoms with E-state index in [9.17, 15) is 13.2 Å². The number of nitrogens with one attached hydrogen (secondary N) is 2. The molecule has 0 saturated carbocycles. The number of thiazole rings is 1. The van der Waals surface area contributed by atoms with E-state index in [2.05, 4.69) is 10.0 Å². The maximum absolute atomic E-state index is 12.5. The average molecular weight is 460 g/mol. The zero-order chi connectivity index (χ0) is 22.4. The fourth-order valence-corrected chi connectivity index (χ4v) is 4.13. The van der Waals surface area contributed by atoms with Gasteiger partial charge in [-0.3, -0.25) is 4.72 Å². The first-order chi connectivity index (χ1) is 14.7. The van der Waals surface area contributed by atoms with E-state index in [1.807, 2.05) is 68.6 Å². The van der Waals surface area contributed by atoms with Crippen LogP contribution in [0.2, 0.25) is 0 Å². The average Bonchev–Trinajstić information content (AvgIpc) is 3.18. The number of amides is 1. The van der Waals surface area contributed by atoms with Gasteiger partial charge in [0, 0.05) is 16.6 Å². The lowest BCUT2D eigenvalue weighted by Crippen LogP contribution is -2.35. The fraction of sp³-hybridized carbons (Fsp3) is 0.273. The summed E-state index contributed by atoms with van der Waals surface area (Å²) in [4.78, 5) is 17.2. The largest absolute Gasteiger partial charge is 0.444 e. The number of carbonyl (C=O) groups excluding carboxylic acids is 1. The van der Waals surface area contributed by atoms with Gasteiger partial charge in [-0.15, -0.1) is 11.3 Å². The number of aromatic nitrogens is 1. The minimum absolute atomic E-state index is 0.396. The number of carbonyl (C=O) groups is 1. The van der Waals surface area contributed by atoms with Crippen LogP contribution in [0.25, 0.3) is 11.3 Å². The molecule has 31 heavy (non-hydrogen) atoms. The number of rotatable bonds is 7. The van der Waals surface area contributed by atoms with Crippen LogP contribution in [-0.4, -0.2) is 25.1 Å². The van der Waals surface area contributed by atoms with Crippen molar-refractivity contribution in [2.45, 2.75) is 38.8 Å². The molecule has 0 aliphatic heterocycles. The molecule has 1 aromatic heterocycles. The molecule has 0 aliphatic rings. The highest BCUT2D eigenvalue weighted by Crippen LogP contribution is 2.28. The summed E-state index contributed by atoms with van der Waals surface area (Å²) in [5.41, 5.74) is 2.63. The molecule has 7 nitrogen and oxygen atoms in total. The van der Waals surface area contributed by atoms with Crippen LogP contribution < -0.4 is 10.0 Å². The molecule has 1 heterocycles. The first-order valence-electron chi connectivity index (χ1n) is 9.70. The summed E-state index contributed by atoms with van der Waals surface area (Å²) in [6.45, 7) is 5.43. The maximum Gasteiger partial charge on any atom is 0.408 e. The topological polar surface area (TPSA) is 97.4 Å². The highest BCUT2D eigenvalue weighted by molar-refractivity contribution is 7.73. The summed E-state index contributed by atoms with van der Waals surface area (Å²) in [5, 5.41) is 5.65. The number of anilines is 1. The van der Waals surface area contributed by atoms with E-state index < -0.39 is 28.6 Å². The lowest BCUT2D eigenvalue weighted by Gasteiger charge is -2.23. The monoisotopic (exact) mass is 459 g/mol. The molecule has 0 radical (unpaired) electrons. The van der Waals surface area contributed by atoms with Gasteiger partial charge in [0.25, 0.3) is 0 Å². The third-order valence-corrected chi connectivity index (χ3v) is 5.59. The van der Waals surface area contributed by atoms with E-state index in [0.29, 0.717) is 12.1 Å². The van der Waals surface area contributed by atoms with Gasteiger partial charge in [-0.05, 0) is 44.9 Å². The van der Waals surface area contributed by atoms with Crippen molar-refractivity contribution in [3.63, 3.8) is 0 Å². The van der Waals surface area contributed by atoms with Crippen LogP contribution in [0.15, 0.2) is 60.0 Å². The predicted octanol–water partition coefficient (Wildman–Crippen LogP) is 4.56. The lowest BCUT2D eigenvalue weighted by molar-refractivity contribution is 0.0503. The molecule has 0 saturated heterocycles. The molecule has 1 amide bonds. The van der Waals surface area contributed by atoms with E-state index >= 15 is 0 Å². The Morgan fingerprint density at radius 1 is 1.10 bits per heavy atom. The van der Waals surface area contributed by atoms with Crippen LogP contribution >= 0.6 is 11.3 Å². The summed E-state index contributed by atoms with van der Waals surface area (Å²) in [6, 6.07) is 16.4. The minimum atomic E-state index is -2.72. The molecular formula is C22H25N3O4S2. The van der Waals surface area contributed by atoms with Crippen LogP contribution in [0, 0.1) is 0 Å². The number of thiol groups is 1. The van der Waals surface area contributed by atoms with E-state index in [-0.39, 0.29) is 0 Å². The van der Waals surface area contributed by atoms with Crippen molar-refractivity contribution >= 4 is 34.0 Å². The van der Waals surface area contributed by atoms with Gasteiger partial charge < -0.3 is 10.1 Å². The van der Waals surface area contributed by atoms with E-state index in [0.717, 1.165) is 21.8 Å². The van der Waals surface area contributed by atoms with Gasteiger partial charge in [-0.25, -0.2) is 18.2 Å². The third kappa shape index (κ3) is 7.08. The number of hydrogen-bond acceptors (Lipinski definition) is 6. The van der Waals surface area contributed by atoms with Gasteiger partial charge in [0.2, 0.25) is 10.9 Å². The first-order valence-corrected chi connectivity index (χ1v) is 11.8. The van der Waals surface area contributed by atoms with Crippen LogP contribution in [0.1, 0.15) is 37.4 Å². The van der Waals surface area contributed by atoms with E-state index in [1.54, 1.807) is 12.1 Å². The quantitative estimate of drug-likeness (QED) is 0.450. The zero-order valence-corrected chi connectivity index (χ0v) is 19.2. The number of nitrogens with zero attached hydrogens (tertiary/aromatic N) is 1. The number of hydrogen-bond donors (Lipinski definition) is 3. The summed E-state index contributed by atoms with van der Waals surface area (Å²) in [6.07, 6.45) is -0.0410. The van der Waals surface area contributed by atoms with Gasteiger partial charge in [0.05, 0.1) is 11.7 Å². The Labute approximate surface area is 187 Å². The van der Waals surface area contributed by atoms with Gasteiger partial charge in [-0.1, -0.05) is 42.5 Å². The molecular weight excluding hydrogens is 434 g/mol. The second-order valence-electron chi connectivity index (χ2n) is 7.91. The van der Waals surface area contributed by atoms with Crippen LogP contribution in [-0.2, 0) is 22.0 Å². The Kier molecular flexibility index (Phi) is 7.29. The lowest BCUT2D eigenvalue weighted by atomic mass is 10.1. The Balaban J connectivity index is 1.83. The van der Waals surface area contributed by atoms with Gasteiger partial charge in [0.15, 0.2) is 0 Å². The predicted molar refractivity (Wildman–Crippen MR) is 124 cm³/mol. The van der Waals surface area contributed by atoms with E-state index in [1.165, 1.54) is 11.3 Å². The normalized spacial score (nSPS) is 12.4. The minimum Gasteiger partial charge on any atom is -0.444 e. The highest BCUT2D eigenvalue weighted by atomic mass is 32.2. The molecule has 0 aliphatic carbocycles. The first kappa shape index (κ1) is 22.8. The van der Waals surface area contributed by atoms with Crippen molar-refractivity contribution in [2.24, 2.45) is 0 Å². The molecule has 0 bridgehead atoms. The molecule has 3 aromatic rings. The molecule has 0 spiro atoms. The summed E-state index contributed by atoms with van der Waals surface area (Å²) in [7, 11) is -2.72. The van der Waals surface area contributed by atoms with Crippen LogP contribution in [0.4, 0.5) is 10.5 Å². The Morgan fingerprint density at radius 3 is 2.39 bits per heavy atom. The zero-order valence-electron chi connectivity index (χ0n) is 17.5. The molecule has 1 atom stereocenters. The molecule has 9 heteroatoms. The second kappa shape index (κ2) is 9.93. The fourth-order valence-electron chi connectivity index (χ4n) is 2.90. The molecule has 164 valence electrons. The van der Waals surface area contributed by atoms with Crippen LogP contribution in [0.3, 0.4) is 0 Å². The highest BCUT2D eigenvalue weighted by Gasteiger charge is 2.23. The third-order valence-electron chi connectivity index (χ3n) is 4.19. The molecule has 2 aromatic carbocycles. The van der Waals surface area contributed by atoms with Crippen molar-refractivity contribution in [1.29, 1.82) is 0 Å². The Hall–Kier alpha value is -2.91. The summed E-state index contributed by atoms with van der Waals surface area (Å²) >= 11 is 1.47. The van der Waals surface area contributed by atoms with Crippen molar-refractivity contribution in [2.75, 3.05) is 4.72 Å². The summed E-state index contributed by atoms with van der Waals surface area (Å²) < 4.78 is 29.4. The van der Waals surface area contributed by atoms with Crippen molar-refractivity contribution in [3.05, 3.63) is 70.5 Å². The smallest absolute Gasteiger partial charge is 0.408 e. The molecule has 2 N–H and O–H groups in total. The summed E-state index contributed by atoms with van der Waals surface area (Å²) in [5.74, 6) is 0. The molecule has 3 rings (SSSR count). The van der Waals surface area contributed by atoms with Crippen molar-refractivity contribution in [1.82, 2.24) is 10.3 Å². The number of benzene rings is 2. The maximum atomic E-state index is 12.5. The Bertz CT molecular complexity index is 1080. The SMILES string of the molecule is CC(C)(C)OC(=O)N[C@@H](Cc1ccc(N[SH](=O)=O)cc1)c1nc(-c2ccccc2)cs1. The molecule has 0 unspecified atom stereocenters. The van der Waals surface area contributed by atoms with E-state index in [4.69, 9.17) is 9.72 Å². The van der Waals surface area contributed by atoms with Crippen molar-refractivity contribution < 1.29 is 17.9 Å². The van der Waals surface area contributed by atoms with Crippen molar-refractivity contribution in [3.8, 4) is 11.3 Å².